The first-order valence-electron chi connectivity index (χ1n) is 25.3. The second-order valence-electron chi connectivity index (χ2n) is 18.8. The van der Waals surface area contributed by atoms with Gasteiger partial charge in [-0.15, -0.1) is 0 Å². The van der Waals surface area contributed by atoms with Gasteiger partial charge in [-0.05, 0) is 148 Å². The van der Waals surface area contributed by atoms with Gasteiger partial charge in [-0.2, -0.15) is 0 Å². The Morgan fingerprint density at radius 2 is 0.635 bits per heavy atom. The minimum absolute atomic E-state index is 0.0819. The van der Waals surface area contributed by atoms with Crippen LogP contribution >= 0.6 is 0 Å². The standard InChI is InChI=1S/C59H57N13O2/c1-9-71(10-2)58(73)44-20-14-18-42(61-44)56-65-48-34-38(24-28-52(48)69(56)7)30-36-22-26-50-46(32-36)63-54(67(50)5)40-16-13-17-41(60-40)55-64-47-33-37(23-27-51(47)68(55)6)31-39-25-29-53-49(35-39)66-57(70(53)8)43-19-15-21-45(62-43)59(74)72(11-3)12-4/h13-29,32-35H,9-12,30-31H2,1-8H3. The number of hydrogen-bond acceptors (Lipinski definition) is 9. The number of nitrogens with zero attached hydrogens (tertiary/aromatic N) is 13. The van der Waals surface area contributed by atoms with Gasteiger partial charge in [0.2, 0.25) is 0 Å². The van der Waals surface area contributed by atoms with E-state index in [9.17, 15) is 9.59 Å². The van der Waals surface area contributed by atoms with Gasteiger partial charge in [0, 0.05) is 54.4 Å². The quantitative estimate of drug-likeness (QED) is 0.104. The zero-order valence-corrected chi connectivity index (χ0v) is 43.0. The van der Waals surface area contributed by atoms with Gasteiger partial charge < -0.3 is 28.1 Å². The van der Waals surface area contributed by atoms with E-state index in [1.165, 1.54) is 0 Å². The summed E-state index contributed by atoms with van der Waals surface area (Å²) in [5, 5.41) is 0. The fourth-order valence-corrected chi connectivity index (χ4v) is 10.2. The fraction of sp³-hybridized carbons (Fsp3) is 0.237. The van der Waals surface area contributed by atoms with Crippen LogP contribution in [0.5, 0.6) is 0 Å². The van der Waals surface area contributed by atoms with Gasteiger partial charge in [0.15, 0.2) is 23.3 Å². The minimum Gasteiger partial charge on any atom is -0.338 e. The third-order valence-electron chi connectivity index (χ3n) is 14.3. The number of carbonyl (C=O) groups is 2. The van der Waals surface area contributed by atoms with Crippen LogP contribution in [0.1, 0.15) is 70.9 Å². The molecule has 7 aromatic heterocycles. The van der Waals surface area contributed by atoms with Crippen LogP contribution in [0.3, 0.4) is 0 Å². The van der Waals surface area contributed by atoms with E-state index in [1.54, 1.807) is 21.9 Å². The maximum Gasteiger partial charge on any atom is 0.272 e. The molecule has 7 heterocycles. The van der Waals surface area contributed by atoms with E-state index < -0.39 is 0 Å². The average molecular weight is 980 g/mol. The first-order chi connectivity index (χ1) is 35.9. The van der Waals surface area contributed by atoms with E-state index in [1.807, 2.05) is 107 Å². The van der Waals surface area contributed by atoms with Crippen LogP contribution in [0, 0.1) is 0 Å². The van der Waals surface area contributed by atoms with E-state index in [2.05, 4.69) is 81.9 Å². The predicted molar refractivity (Wildman–Crippen MR) is 292 cm³/mol. The summed E-state index contributed by atoms with van der Waals surface area (Å²) in [6.07, 6.45) is 1.41. The highest BCUT2D eigenvalue weighted by Gasteiger charge is 2.21. The van der Waals surface area contributed by atoms with Crippen LogP contribution in [-0.4, -0.2) is 101 Å². The van der Waals surface area contributed by atoms with Gasteiger partial charge in [0.25, 0.3) is 11.8 Å². The second kappa shape index (κ2) is 19.3. The second-order valence-corrected chi connectivity index (χ2v) is 18.8. The van der Waals surface area contributed by atoms with Gasteiger partial charge in [0.05, 0.1) is 44.1 Å². The highest BCUT2D eigenvalue weighted by Crippen LogP contribution is 2.31. The highest BCUT2D eigenvalue weighted by molar-refractivity contribution is 5.94. The van der Waals surface area contributed by atoms with E-state index in [0.717, 1.165) is 89.4 Å². The highest BCUT2D eigenvalue weighted by atomic mass is 16.2. The number of fused-ring (bicyclic) bond motifs is 4. The van der Waals surface area contributed by atoms with Crippen LogP contribution in [0.4, 0.5) is 0 Å². The van der Waals surface area contributed by atoms with Crippen molar-refractivity contribution in [2.24, 2.45) is 28.2 Å². The van der Waals surface area contributed by atoms with Crippen molar-refractivity contribution in [3.8, 4) is 46.1 Å². The number of amides is 2. The van der Waals surface area contributed by atoms with Crippen molar-refractivity contribution in [3.63, 3.8) is 0 Å². The van der Waals surface area contributed by atoms with E-state index >= 15 is 0 Å². The third kappa shape index (κ3) is 8.53. The largest absolute Gasteiger partial charge is 0.338 e. The van der Waals surface area contributed by atoms with Crippen molar-refractivity contribution >= 4 is 55.9 Å². The summed E-state index contributed by atoms with van der Waals surface area (Å²) in [7, 11) is 8.03. The lowest BCUT2D eigenvalue weighted by molar-refractivity contribution is 0.0759. The average Bonchev–Trinajstić information content (AvgIpc) is 4.16. The summed E-state index contributed by atoms with van der Waals surface area (Å²) in [4.78, 5) is 64.6. The number of aryl methyl sites for hydroxylation is 4. The van der Waals surface area contributed by atoms with E-state index in [4.69, 9.17) is 34.9 Å². The number of pyridine rings is 3. The Bertz CT molecular complexity index is 3730. The van der Waals surface area contributed by atoms with Gasteiger partial charge in [-0.25, -0.2) is 34.9 Å². The van der Waals surface area contributed by atoms with Crippen LogP contribution < -0.4 is 0 Å². The molecular weight excluding hydrogens is 923 g/mol. The maximum absolute atomic E-state index is 13.1. The van der Waals surface area contributed by atoms with E-state index in [0.29, 0.717) is 73.4 Å². The molecule has 11 aromatic rings. The van der Waals surface area contributed by atoms with Crippen molar-refractivity contribution in [1.29, 1.82) is 0 Å². The predicted octanol–water partition coefficient (Wildman–Crippen LogP) is 10.2. The van der Waals surface area contributed by atoms with Crippen molar-refractivity contribution < 1.29 is 9.59 Å². The van der Waals surface area contributed by atoms with Crippen molar-refractivity contribution in [3.05, 3.63) is 161 Å². The first-order valence-corrected chi connectivity index (χ1v) is 25.3. The molecule has 0 saturated heterocycles. The molecule has 0 atom stereocenters. The van der Waals surface area contributed by atoms with Crippen LogP contribution in [0.25, 0.3) is 90.2 Å². The Morgan fingerprint density at radius 1 is 0.365 bits per heavy atom. The molecule has 0 spiro atoms. The SMILES string of the molecule is CCN(CC)C(=O)c1cccc(-c2nc3cc(Cc4ccc5c(c4)nc(-c4cccc(-c6nc7cc(Cc8ccc9c(c8)nc(-c8cccc(C(=O)N(CC)CC)n8)n9C)ccc7n6C)n4)n5C)ccc3n2C)n1. The van der Waals surface area contributed by atoms with Crippen molar-refractivity contribution in [2.75, 3.05) is 26.2 Å². The summed E-state index contributed by atoms with van der Waals surface area (Å²) in [5.41, 5.74) is 15.7. The number of hydrogen-bond donors (Lipinski definition) is 0. The normalized spacial score (nSPS) is 11.7. The molecule has 15 heteroatoms. The molecule has 370 valence electrons. The van der Waals surface area contributed by atoms with Gasteiger partial charge in [0.1, 0.15) is 34.2 Å². The molecule has 4 aromatic carbocycles. The molecule has 15 nitrogen and oxygen atoms in total. The molecule has 2 amide bonds. The lowest BCUT2D eigenvalue weighted by Crippen LogP contribution is -2.31. The fourth-order valence-electron chi connectivity index (χ4n) is 10.2. The first kappa shape index (κ1) is 47.5. The Hall–Kier alpha value is -8.85. The number of benzene rings is 4. The number of imidazole rings is 4. The Balaban J connectivity index is 0.811. The molecule has 0 saturated carbocycles. The molecule has 0 N–H and O–H groups in total. The number of aromatic nitrogens is 11. The van der Waals surface area contributed by atoms with Crippen LogP contribution in [0.15, 0.2) is 127 Å². The molecule has 11 rings (SSSR count). The summed E-state index contributed by atoms with van der Waals surface area (Å²) < 4.78 is 8.26. The van der Waals surface area contributed by atoms with Crippen molar-refractivity contribution in [1.82, 2.24) is 63.0 Å². The molecule has 0 radical (unpaired) electrons. The zero-order chi connectivity index (χ0) is 51.4. The summed E-state index contributed by atoms with van der Waals surface area (Å²) in [6.45, 7) is 10.4. The van der Waals surface area contributed by atoms with Crippen LogP contribution in [-0.2, 0) is 41.0 Å². The van der Waals surface area contributed by atoms with Crippen LogP contribution in [0.2, 0.25) is 0 Å². The summed E-state index contributed by atoms with van der Waals surface area (Å²) in [5.74, 6) is 2.80. The Kier molecular flexibility index (Phi) is 12.4. The molecule has 74 heavy (non-hydrogen) atoms. The topological polar surface area (TPSA) is 151 Å². The Labute approximate surface area is 428 Å². The number of carbonyl (C=O) groups excluding carboxylic acids is 2. The van der Waals surface area contributed by atoms with E-state index in [-0.39, 0.29) is 11.8 Å². The Morgan fingerprint density at radius 3 is 0.919 bits per heavy atom. The molecule has 0 aliphatic heterocycles. The lowest BCUT2D eigenvalue weighted by atomic mass is 10.0. The summed E-state index contributed by atoms with van der Waals surface area (Å²) in [6, 6.07) is 42.7. The molecule has 0 aliphatic rings. The molecule has 0 fully saturated rings. The zero-order valence-electron chi connectivity index (χ0n) is 43.0. The smallest absolute Gasteiger partial charge is 0.272 e. The van der Waals surface area contributed by atoms with Crippen molar-refractivity contribution in [2.45, 2.75) is 40.5 Å². The van der Waals surface area contributed by atoms with Gasteiger partial charge >= 0.3 is 0 Å². The molecule has 0 bridgehead atoms. The number of rotatable bonds is 14. The minimum atomic E-state index is -0.0819. The maximum atomic E-state index is 13.1. The van der Waals surface area contributed by atoms with Gasteiger partial charge in [-0.1, -0.05) is 42.5 Å². The monoisotopic (exact) mass is 979 g/mol. The molecule has 0 aliphatic carbocycles. The van der Waals surface area contributed by atoms with Gasteiger partial charge in [-0.3, -0.25) is 9.59 Å². The third-order valence-corrected chi connectivity index (χ3v) is 14.3. The molecule has 0 unspecified atom stereocenters. The molecular formula is C59H57N13O2. The summed E-state index contributed by atoms with van der Waals surface area (Å²) >= 11 is 0. The lowest BCUT2D eigenvalue weighted by Gasteiger charge is -2.18.